The second-order valence-electron chi connectivity index (χ2n) is 4.18. The molecule has 15 heavy (non-hydrogen) atoms. The Hall–Kier alpha value is -0.243. The van der Waals surface area contributed by atoms with Crippen LogP contribution in [0.3, 0.4) is 0 Å². The van der Waals surface area contributed by atoms with Gasteiger partial charge in [0.05, 0.1) is 0 Å². The Labute approximate surface area is 101 Å². The summed E-state index contributed by atoms with van der Waals surface area (Å²) in [5, 5.41) is 2.37. The summed E-state index contributed by atoms with van der Waals surface area (Å²) in [7, 11) is 0. The molecule has 0 aliphatic heterocycles. The largest absolute Gasteiger partial charge is 0.310 e. The standard InChI is InChI=1S/C12H14Cl2Si/c1-9-5-3-7-11(9)15(13,14)12-8-4-6-10(12)2/h3-4,7-8H,5-6H2,1-2H3. The van der Waals surface area contributed by atoms with E-state index in [0.29, 0.717) is 0 Å². The van der Waals surface area contributed by atoms with Crippen molar-refractivity contribution in [1.82, 2.24) is 0 Å². The van der Waals surface area contributed by atoms with Crippen molar-refractivity contribution in [1.29, 1.82) is 0 Å². The lowest BCUT2D eigenvalue weighted by Crippen LogP contribution is -2.25. The lowest BCUT2D eigenvalue weighted by molar-refractivity contribution is 1.24. The molecule has 2 aliphatic rings. The van der Waals surface area contributed by atoms with E-state index in [9.17, 15) is 0 Å². The van der Waals surface area contributed by atoms with E-state index in [1.54, 1.807) is 0 Å². The third-order valence-corrected chi connectivity index (χ3v) is 8.00. The molecule has 3 heteroatoms. The molecule has 0 saturated carbocycles. The highest BCUT2D eigenvalue weighted by molar-refractivity contribution is 7.52. The Morgan fingerprint density at radius 3 is 1.60 bits per heavy atom. The fraction of sp³-hybridized carbons (Fsp3) is 0.333. The Morgan fingerprint density at radius 1 is 0.933 bits per heavy atom. The summed E-state index contributed by atoms with van der Waals surface area (Å²) in [5.41, 5.74) is 2.65. The predicted molar refractivity (Wildman–Crippen MR) is 70.4 cm³/mol. The van der Waals surface area contributed by atoms with E-state index in [4.69, 9.17) is 22.2 Å². The van der Waals surface area contributed by atoms with Crippen LogP contribution in [0.15, 0.2) is 45.8 Å². The second kappa shape index (κ2) is 3.97. The minimum Gasteiger partial charge on any atom is -0.134 e. The summed E-state index contributed by atoms with van der Waals surface area (Å²) in [6.07, 6.45) is 10.5. The SMILES string of the molecule is CC1=C([Si](Cl)(Cl)C2=C(C)CC=C2)C=CC1. The summed E-state index contributed by atoms with van der Waals surface area (Å²) >= 11 is 13.2. The molecule has 0 bridgehead atoms. The van der Waals surface area contributed by atoms with Crippen molar-refractivity contribution in [2.45, 2.75) is 26.7 Å². The highest BCUT2D eigenvalue weighted by Gasteiger charge is 2.39. The summed E-state index contributed by atoms with van der Waals surface area (Å²) in [6, 6.07) is 0. The van der Waals surface area contributed by atoms with E-state index in [1.165, 1.54) is 21.5 Å². The van der Waals surface area contributed by atoms with E-state index in [2.05, 4.69) is 38.2 Å². The summed E-state index contributed by atoms with van der Waals surface area (Å²) in [5.74, 6) is 0. The first-order chi connectivity index (χ1) is 7.03. The average Bonchev–Trinajstić information content (AvgIpc) is 2.73. The van der Waals surface area contributed by atoms with Crippen LogP contribution in [0.1, 0.15) is 26.7 Å². The molecular weight excluding hydrogens is 243 g/mol. The van der Waals surface area contributed by atoms with Gasteiger partial charge in [-0.15, -0.1) is 22.2 Å². The number of allylic oxidation sites excluding steroid dienone is 8. The molecule has 0 spiro atoms. The van der Waals surface area contributed by atoms with E-state index < -0.39 is 6.69 Å². The van der Waals surface area contributed by atoms with Gasteiger partial charge in [-0.2, -0.15) is 0 Å². The van der Waals surface area contributed by atoms with Crippen LogP contribution in [0.2, 0.25) is 0 Å². The quantitative estimate of drug-likeness (QED) is 0.503. The van der Waals surface area contributed by atoms with Gasteiger partial charge in [0.25, 0.3) is 0 Å². The molecule has 0 fully saturated rings. The van der Waals surface area contributed by atoms with Gasteiger partial charge in [-0.25, -0.2) is 0 Å². The molecule has 0 nitrogen and oxygen atoms in total. The molecule has 2 aliphatic carbocycles. The smallest absolute Gasteiger partial charge is 0.134 e. The molecule has 0 amide bonds. The molecular formula is C12H14Cl2Si. The molecule has 0 N–H and O–H groups in total. The van der Waals surface area contributed by atoms with Crippen LogP contribution < -0.4 is 0 Å². The minimum atomic E-state index is -2.43. The van der Waals surface area contributed by atoms with Crippen LogP contribution in [0.25, 0.3) is 0 Å². The van der Waals surface area contributed by atoms with Crippen LogP contribution in [0.5, 0.6) is 0 Å². The fourth-order valence-electron chi connectivity index (χ4n) is 2.10. The number of hydrogen-bond donors (Lipinski definition) is 0. The molecule has 0 aromatic carbocycles. The predicted octanol–water partition coefficient (Wildman–Crippen LogP) is 4.54. The van der Waals surface area contributed by atoms with Crippen LogP contribution in [0.4, 0.5) is 0 Å². The summed E-state index contributed by atoms with van der Waals surface area (Å²) in [6.45, 7) is 1.81. The number of hydrogen-bond acceptors (Lipinski definition) is 0. The monoisotopic (exact) mass is 256 g/mol. The van der Waals surface area contributed by atoms with E-state index in [1.807, 2.05) is 0 Å². The maximum Gasteiger partial charge on any atom is 0.310 e. The lowest BCUT2D eigenvalue weighted by atomic mass is 10.3. The van der Waals surface area contributed by atoms with Crippen molar-refractivity contribution in [3.05, 3.63) is 45.8 Å². The van der Waals surface area contributed by atoms with Gasteiger partial charge in [0.1, 0.15) is 0 Å². The van der Waals surface area contributed by atoms with Crippen LogP contribution >= 0.6 is 22.2 Å². The third kappa shape index (κ3) is 1.89. The first-order valence-electron chi connectivity index (χ1n) is 5.15. The van der Waals surface area contributed by atoms with Gasteiger partial charge in [-0.1, -0.05) is 35.5 Å². The molecule has 0 saturated heterocycles. The van der Waals surface area contributed by atoms with Gasteiger partial charge < -0.3 is 0 Å². The van der Waals surface area contributed by atoms with E-state index in [0.717, 1.165) is 12.8 Å². The average molecular weight is 257 g/mol. The van der Waals surface area contributed by atoms with E-state index >= 15 is 0 Å². The third-order valence-electron chi connectivity index (χ3n) is 3.01. The highest BCUT2D eigenvalue weighted by Crippen LogP contribution is 2.41. The zero-order valence-electron chi connectivity index (χ0n) is 8.98. The van der Waals surface area contributed by atoms with Gasteiger partial charge in [-0.05, 0) is 37.1 Å². The molecule has 2 rings (SSSR count). The van der Waals surface area contributed by atoms with Crippen molar-refractivity contribution in [2.24, 2.45) is 0 Å². The summed E-state index contributed by atoms with van der Waals surface area (Å²) in [4.78, 5) is 0. The summed E-state index contributed by atoms with van der Waals surface area (Å²) < 4.78 is 0. The van der Waals surface area contributed by atoms with Crippen molar-refractivity contribution >= 4 is 28.9 Å². The van der Waals surface area contributed by atoms with Crippen molar-refractivity contribution in [3.63, 3.8) is 0 Å². The number of rotatable bonds is 2. The first-order valence-corrected chi connectivity index (χ1v) is 9.17. The Morgan fingerprint density at radius 2 is 1.33 bits per heavy atom. The Bertz CT molecular complexity index is 373. The van der Waals surface area contributed by atoms with Crippen LogP contribution in [-0.2, 0) is 0 Å². The zero-order valence-corrected chi connectivity index (χ0v) is 11.5. The number of halogens is 2. The van der Waals surface area contributed by atoms with Gasteiger partial charge in [0, 0.05) is 0 Å². The maximum atomic E-state index is 6.62. The molecule has 0 atom stereocenters. The first kappa shape index (κ1) is 11.2. The zero-order chi connectivity index (χ0) is 11.1. The second-order valence-corrected chi connectivity index (χ2v) is 10.4. The molecule has 0 heterocycles. The van der Waals surface area contributed by atoms with Gasteiger partial charge in [0.15, 0.2) is 0 Å². The van der Waals surface area contributed by atoms with Crippen molar-refractivity contribution in [3.8, 4) is 0 Å². The Balaban J connectivity index is 2.43. The lowest BCUT2D eigenvalue weighted by Gasteiger charge is -2.20. The van der Waals surface area contributed by atoms with Gasteiger partial charge >= 0.3 is 6.69 Å². The highest BCUT2D eigenvalue weighted by atomic mass is 35.7. The fourth-order valence-corrected chi connectivity index (χ4v) is 7.01. The molecule has 0 aromatic rings. The normalized spacial score (nSPS) is 21.1. The molecule has 0 unspecified atom stereocenters. The van der Waals surface area contributed by atoms with E-state index in [-0.39, 0.29) is 0 Å². The Kier molecular flexibility index (Phi) is 2.97. The molecule has 80 valence electrons. The van der Waals surface area contributed by atoms with Crippen molar-refractivity contribution < 1.29 is 0 Å². The maximum absolute atomic E-state index is 6.62. The minimum absolute atomic E-state index is 1.000. The molecule has 0 aromatic heterocycles. The van der Waals surface area contributed by atoms with Crippen LogP contribution in [0, 0.1) is 0 Å². The van der Waals surface area contributed by atoms with Gasteiger partial charge in [0.2, 0.25) is 0 Å². The molecule has 0 radical (unpaired) electrons. The van der Waals surface area contributed by atoms with Crippen LogP contribution in [-0.4, -0.2) is 6.69 Å². The topological polar surface area (TPSA) is 0 Å². The van der Waals surface area contributed by atoms with Crippen molar-refractivity contribution in [2.75, 3.05) is 0 Å². The van der Waals surface area contributed by atoms with Gasteiger partial charge in [-0.3, -0.25) is 0 Å².